The normalized spacial score (nSPS) is 18.2. The molecule has 3 rings (SSSR count). The van der Waals surface area contributed by atoms with E-state index in [-0.39, 0.29) is 0 Å². The van der Waals surface area contributed by atoms with Crippen LogP contribution in [0, 0.1) is 5.41 Å². The third-order valence-electron chi connectivity index (χ3n) is 5.14. The molecule has 0 radical (unpaired) electrons. The minimum atomic E-state index is 0.408. The molecule has 0 aliphatic heterocycles. The van der Waals surface area contributed by atoms with Gasteiger partial charge in [-0.15, -0.1) is 0 Å². The van der Waals surface area contributed by atoms with Crippen LogP contribution < -0.4 is 5.32 Å². The lowest BCUT2D eigenvalue weighted by Gasteiger charge is -2.42. The number of imidazole rings is 1. The molecule has 1 fully saturated rings. The van der Waals surface area contributed by atoms with Crippen LogP contribution in [0.3, 0.4) is 0 Å². The van der Waals surface area contributed by atoms with E-state index in [1.165, 1.54) is 31.2 Å². The minimum absolute atomic E-state index is 0.408. The largest absolute Gasteiger partial charge is 0.310 e. The van der Waals surface area contributed by atoms with E-state index in [1.807, 2.05) is 17.1 Å². The van der Waals surface area contributed by atoms with Crippen LogP contribution in [0.4, 0.5) is 0 Å². The number of nitrogens with zero attached hydrogens (tertiary/aromatic N) is 2. The Bertz CT molecular complexity index is 547. The highest BCUT2D eigenvalue weighted by Crippen LogP contribution is 2.43. The molecule has 3 heteroatoms. The van der Waals surface area contributed by atoms with Gasteiger partial charge in [0.25, 0.3) is 0 Å². The van der Waals surface area contributed by atoms with Crippen molar-refractivity contribution in [2.75, 3.05) is 6.54 Å². The molecule has 3 nitrogen and oxygen atoms in total. The Balaban J connectivity index is 1.61. The van der Waals surface area contributed by atoms with Crippen LogP contribution in [0.5, 0.6) is 0 Å². The molecule has 21 heavy (non-hydrogen) atoms. The Hall–Kier alpha value is -1.61. The molecule has 1 aliphatic carbocycles. The van der Waals surface area contributed by atoms with E-state index < -0.39 is 0 Å². The molecule has 1 aliphatic rings. The summed E-state index contributed by atoms with van der Waals surface area (Å²) in [6, 6.07) is 9.16. The van der Waals surface area contributed by atoms with Crippen molar-refractivity contribution in [2.24, 2.45) is 5.41 Å². The fourth-order valence-electron chi connectivity index (χ4n) is 3.17. The standard InChI is InChI=1S/C18H25N3/c1-3-18(9-4-10-18)13-20-15(2)16-5-7-17(8-6-16)21-12-11-19-14-21/h5-8,11-12,14-15,20H,3-4,9-10,13H2,1-2H3. The van der Waals surface area contributed by atoms with E-state index in [0.29, 0.717) is 11.5 Å². The second-order valence-electron chi connectivity index (χ2n) is 6.37. The summed E-state index contributed by atoms with van der Waals surface area (Å²) in [5, 5.41) is 3.73. The van der Waals surface area contributed by atoms with Gasteiger partial charge in [0.05, 0.1) is 6.33 Å². The third kappa shape index (κ3) is 3.03. The Kier molecular flexibility index (Phi) is 4.11. The molecule has 1 saturated carbocycles. The van der Waals surface area contributed by atoms with E-state index in [2.05, 4.69) is 48.4 Å². The SMILES string of the molecule is CCC1(CNC(C)c2ccc(-n3ccnc3)cc2)CCC1. The molecule has 1 unspecified atom stereocenters. The van der Waals surface area contributed by atoms with Gasteiger partial charge in [-0.1, -0.05) is 25.5 Å². The second-order valence-corrected chi connectivity index (χ2v) is 6.37. The van der Waals surface area contributed by atoms with Crippen molar-refractivity contribution in [1.29, 1.82) is 0 Å². The Morgan fingerprint density at radius 2 is 2.05 bits per heavy atom. The molecule has 1 aromatic carbocycles. The summed E-state index contributed by atoms with van der Waals surface area (Å²) in [5.74, 6) is 0. The number of hydrogen-bond donors (Lipinski definition) is 1. The first-order valence-electron chi connectivity index (χ1n) is 8.04. The van der Waals surface area contributed by atoms with Crippen LogP contribution in [0.15, 0.2) is 43.0 Å². The van der Waals surface area contributed by atoms with Crippen LogP contribution in [0.2, 0.25) is 0 Å². The number of benzene rings is 1. The number of rotatable bonds is 6. The molecule has 112 valence electrons. The van der Waals surface area contributed by atoms with Crippen molar-refractivity contribution in [2.45, 2.75) is 45.6 Å². The lowest BCUT2D eigenvalue weighted by atomic mass is 9.67. The van der Waals surface area contributed by atoms with E-state index in [1.54, 1.807) is 6.20 Å². The fraction of sp³-hybridized carbons (Fsp3) is 0.500. The highest BCUT2D eigenvalue weighted by Gasteiger charge is 2.34. The number of hydrogen-bond acceptors (Lipinski definition) is 2. The lowest BCUT2D eigenvalue weighted by Crippen LogP contribution is -2.40. The van der Waals surface area contributed by atoms with Gasteiger partial charge in [0.1, 0.15) is 0 Å². The molecule has 1 heterocycles. The van der Waals surface area contributed by atoms with Crippen molar-refractivity contribution in [3.8, 4) is 5.69 Å². The molecular formula is C18H25N3. The van der Waals surface area contributed by atoms with Crippen LogP contribution >= 0.6 is 0 Å². The van der Waals surface area contributed by atoms with Gasteiger partial charge < -0.3 is 9.88 Å². The molecular weight excluding hydrogens is 258 g/mol. The third-order valence-corrected chi connectivity index (χ3v) is 5.14. The maximum absolute atomic E-state index is 4.09. The Morgan fingerprint density at radius 1 is 1.29 bits per heavy atom. The molecule has 2 aromatic rings. The van der Waals surface area contributed by atoms with Gasteiger partial charge in [0.15, 0.2) is 0 Å². The first-order valence-corrected chi connectivity index (χ1v) is 8.04. The van der Waals surface area contributed by atoms with Crippen LogP contribution in [-0.4, -0.2) is 16.1 Å². The summed E-state index contributed by atoms with van der Waals surface area (Å²) in [6.45, 7) is 5.73. The maximum Gasteiger partial charge on any atom is 0.0991 e. The molecule has 0 bridgehead atoms. The number of nitrogens with one attached hydrogen (secondary N) is 1. The average molecular weight is 283 g/mol. The summed E-state index contributed by atoms with van der Waals surface area (Å²) in [6.07, 6.45) is 11.1. The van der Waals surface area contributed by atoms with Crippen molar-refractivity contribution in [1.82, 2.24) is 14.9 Å². The van der Waals surface area contributed by atoms with Crippen molar-refractivity contribution in [3.05, 3.63) is 48.5 Å². The van der Waals surface area contributed by atoms with E-state index in [9.17, 15) is 0 Å². The lowest BCUT2D eigenvalue weighted by molar-refractivity contribution is 0.120. The van der Waals surface area contributed by atoms with E-state index in [0.717, 1.165) is 12.2 Å². The zero-order chi connectivity index (χ0) is 14.7. The molecule has 0 amide bonds. The van der Waals surface area contributed by atoms with Crippen LogP contribution in [-0.2, 0) is 0 Å². The molecule has 1 N–H and O–H groups in total. The molecule has 1 atom stereocenters. The summed E-state index contributed by atoms with van der Waals surface area (Å²) < 4.78 is 2.03. The maximum atomic E-state index is 4.09. The van der Waals surface area contributed by atoms with Gasteiger partial charge >= 0.3 is 0 Å². The van der Waals surface area contributed by atoms with Gasteiger partial charge in [-0.3, -0.25) is 0 Å². The predicted octanol–water partition coefficient (Wildman–Crippen LogP) is 4.10. The number of aromatic nitrogens is 2. The second kappa shape index (κ2) is 6.02. The van der Waals surface area contributed by atoms with E-state index >= 15 is 0 Å². The van der Waals surface area contributed by atoms with Gasteiger partial charge in [0, 0.05) is 30.7 Å². The minimum Gasteiger partial charge on any atom is -0.310 e. The fourth-order valence-corrected chi connectivity index (χ4v) is 3.17. The topological polar surface area (TPSA) is 29.9 Å². The Labute approximate surface area is 127 Å². The van der Waals surface area contributed by atoms with Gasteiger partial charge in [-0.25, -0.2) is 4.98 Å². The monoisotopic (exact) mass is 283 g/mol. The smallest absolute Gasteiger partial charge is 0.0991 e. The average Bonchev–Trinajstić information content (AvgIpc) is 3.01. The highest BCUT2D eigenvalue weighted by atomic mass is 15.0. The van der Waals surface area contributed by atoms with Gasteiger partial charge in [0.2, 0.25) is 0 Å². The highest BCUT2D eigenvalue weighted by molar-refractivity contribution is 5.35. The Morgan fingerprint density at radius 3 is 2.57 bits per heavy atom. The van der Waals surface area contributed by atoms with Crippen molar-refractivity contribution in [3.63, 3.8) is 0 Å². The summed E-state index contributed by atoms with van der Waals surface area (Å²) in [5.41, 5.74) is 3.09. The molecule has 1 aromatic heterocycles. The van der Waals surface area contributed by atoms with Crippen molar-refractivity contribution >= 4 is 0 Å². The molecule has 0 saturated heterocycles. The zero-order valence-corrected chi connectivity index (χ0v) is 13.0. The van der Waals surface area contributed by atoms with Crippen molar-refractivity contribution < 1.29 is 0 Å². The summed E-state index contributed by atoms with van der Waals surface area (Å²) in [7, 11) is 0. The first kappa shape index (κ1) is 14.3. The zero-order valence-electron chi connectivity index (χ0n) is 13.0. The van der Waals surface area contributed by atoms with Crippen LogP contribution in [0.25, 0.3) is 5.69 Å². The quantitative estimate of drug-likeness (QED) is 0.865. The van der Waals surface area contributed by atoms with Gasteiger partial charge in [-0.2, -0.15) is 0 Å². The van der Waals surface area contributed by atoms with E-state index in [4.69, 9.17) is 0 Å². The summed E-state index contributed by atoms with van der Waals surface area (Å²) in [4.78, 5) is 4.09. The predicted molar refractivity (Wildman–Crippen MR) is 86.6 cm³/mol. The van der Waals surface area contributed by atoms with Crippen LogP contribution in [0.1, 0.15) is 51.1 Å². The summed E-state index contributed by atoms with van der Waals surface area (Å²) >= 11 is 0. The van der Waals surface area contributed by atoms with Gasteiger partial charge in [-0.05, 0) is 49.3 Å². The molecule has 0 spiro atoms. The first-order chi connectivity index (χ1) is 10.2.